The highest BCUT2D eigenvalue weighted by Crippen LogP contribution is 2.02. The van der Waals surface area contributed by atoms with Gasteiger partial charge in [0.15, 0.2) is 6.17 Å². The van der Waals surface area contributed by atoms with Crippen molar-refractivity contribution in [3.63, 3.8) is 0 Å². The Hall–Kier alpha value is -2.90. The van der Waals surface area contributed by atoms with Crippen LogP contribution in [0.3, 0.4) is 0 Å². The van der Waals surface area contributed by atoms with Gasteiger partial charge < -0.3 is 0 Å². The molecule has 0 radical (unpaired) electrons. The van der Waals surface area contributed by atoms with Crippen LogP contribution in [0, 0.1) is 0 Å². The number of nitrogens with zero attached hydrogens (tertiary/aromatic N) is 6. The summed E-state index contributed by atoms with van der Waals surface area (Å²) in [5.41, 5.74) is 5.39. The Morgan fingerprint density at radius 1 is 0.850 bits per heavy atom. The largest absolute Gasteiger partial charge is 0.243 e. The molecule has 0 aliphatic rings. The fourth-order valence-corrected chi connectivity index (χ4v) is 1.21. The molecule has 0 spiro atoms. The van der Waals surface area contributed by atoms with Crippen LogP contribution in [0.2, 0.25) is 0 Å². The molecule has 0 aromatic carbocycles. The molecule has 2 heterocycles. The minimum Gasteiger partial charge on any atom is -0.243 e. The van der Waals surface area contributed by atoms with Crippen molar-refractivity contribution in [2.45, 2.75) is 13.1 Å². The van der Waals surface area contributed by atoms with Gasteiger partial charge in [0.1, 0.15) is 11.6 Å². The molecule has 102 valence electrons. The molecule has 0 aliphatic carbocycles. The Kier molecular flexibility index (Phi) is 5.08. The van der Waals surface area contributed by atoms with E-state index < -0.39 is 6.17 Å². The van der Waals surface area contributed by atoms with Gasteiger partial charge in [-0.25, -0.2) is 20.8 Å². The molecule has 8 heteroatoms. The van der Waals surface area contributed by atoms with Gasteiger partial charge in [0, 0.05) is 12.4 Å². The first-order valence-corrected chi connectivity index (χ1v) is 5.98. The number of anilines is 2. The SMILES string of the molecule is CC(N=NNc1ccccn1)N=NNc1ccccn1. The fourth-order valence-electron chi connectivity index (χ4n) is 1.21. The van der Waals surface area contributed by atoms with E-state index >= 15 is 0 Å². The Morgan fingerprint density at radius 2 is 1.35 bits per heavy atom. The van der Waals surface area contributed by atoms with Gasteiger partial charge >= 0.3 is 0 Å². The summed E-state index contributed by atoms with van der Waals surface area (Å²) in [6.07, 6.45) is 2.91. The molecule has 8 nitrogen and oxygen atoms in total. The monoisotopic (exact) mass is 270 g/mol. The van der Waals surface area contributed by atoms with Crippen molar-refractivity contribution >= 4 is 11.6 Å². The maximum absolute atomic E-state index is 4.04. The van der Waals surface area contributed by atoms with Crippen molar-refractivity contribution in [2.75, 3.05) is 10.9 Å². The van der Waals surface area contributed by atoms with E-state index in [9.17, 15) is 0 Å². The average Bonchev–Trinajstić information content (AvgIpc) is 2.49. The number of hydrogen-bond acceptors (Lipinski definition) is 6. The summed E-state index contributed by atoms with van der Waals surface area (Å²) in [7, 11) is 0. The highest BCUT2D eigenvalue weighted by Gasteiger charge is 1.94. The number of aromatic nitrogens is 2. The second-order valence-electron chi connectivity index (χ2n) is 3.72. The molecule has 2 rings (SSSR count). The van der Waals surface area contributed by atoms with Gasteiger partial charge in [0.2, 0.25) is 0 Å². The molecule has 2 aromatic rings. The zero-order chi connectivity index (χ0) is 14.0. The van der Waals surface area contributed by atoms with E-state index in [0.29, 0.717) is 11.6 Å². The number of hydrogen-bond donors (Lipinski definition) is 2. The van der Waals surface area contributed by atoms with Crippen LogP contribution in [0.1, 0.15) is 6.92 Å². The smallest absolute Gasteiger partial charge is 0.182 e. The van der Waals surface area contributed by atoms with E-state index in [4.69, 9.17) is 0 Å². The van der Waals surface area contributed by atoms with Crippen LogP contribution in [0.4, 0.5) is 11.6 Å². The first-order chi connectivity index (χ1) is 9.84. The standard InChI is InChI=1S/C12H14N8/c1-10(15-19-17-11-6-2-4-8-13-11)16-20-18-12-7-3-5-9-14-12/h2-10H,1H3,(H,13,15,17)(H,14,16,18). The highest BCUT2D eigenvalue weighted by molar-refractivity contribution is 5.32. The second-order valence-corrected chi connectivity index (χ2v) is 3.72. The van der Waals surface area contributed by atoms with Crippen molar-refractivity contribution in [1.82, 2.24) is 9.97 Å². The molecule has 0 amide bonds. The van der Waals surface area contributed by atoms with Gasteiger partial charge in [-0.05, 0) is 31.2 Å². The molecule has 0 atom stereocenters. The van der Waals surface area contributed by atoms with Crippen LogP contribution in [-0.4, -0.2) is 16.1 Å². The number of pyridine rings is 2. The van der Waals surface area contributed by atoms with E-state index in [1.54, 1.807) is 31.5 Å². The van der Waals surface area contributed by atoms with Gasteiger partial charge in [0.05, 0.1) is 0 Å². The van der Waals surface area contributed by atoms with Crippen LogP contribution in [0.5, 0.6) is 0 Å². The van der Waals surface area contributed by atoms with Crippen molar-refractivity contribution < 1.29 is 0 Å². The van der Waals surface area contributed by atoms with Gasteiger partial charge in [0.25, 0.3) is 0 Å². The molecule has 2 aromatic heterocycles. The van der Waals surface area contributed by atoms with Crippen molar-refractivity contribution in [2.24, 2.45) is 20.7 Å². The van der Waals surface area contributed by atoms with E-state index in [-0.39, 0.29) is 0 Å². The molecular weight excluding hydrogens is 256 g/mol. The lowest BCUT2D eigenvalue weighted by Gasteiger charge is -1.99. The number of rotatable bonds is 6. The topological polar surface area (TPSA) is 99.3 Å². The molecular formula is C12H14N8. The van der Waals surface area contributed by atoms with Crippen LogP contribution < -0.4 is 10.9 Å². The first kappa shape index (κ1) is 13.5. The van der Waals surface area contributed by atoms with Gasteiger partial charge in [-0.2, -0.15) is 0 Å². The lowest BCUT2D eigenvalue weighted by molar-refractivity contribution is 0.685. The summed E-state index contributed by atoms with van der Waals surface area (Å²) < 4.78 is 0. The highest BCUT2D eigenvalue weighted by atomic mass is 15.5. The van der Waals surface area contributed by atoms with Gasteiger partial charge in [-0.15, -0.1) is 10.2 Å². The van der Waals surface area contributed by atoms with Crippen molar-refractivity contribution in [3.05, 3.63) is 48.8 Å². The minimum absolute atomic E-state index is 0.414. The number of nitrogens with one attached hydrogen (secondary N) is 2. The predicted molar refractivity (Wildman–Crippen MR) is 74.9 cm³/mol. The quantitative estimate of drug-likeness (QED) is 0.622. The zero-order valence-corrected chi connectivity index (χ0v) is 10.9. The van der Waals surface area contributed by atoms with E-state index in [0.717, 1.165) is 0 Å². The van der Waals surface area contributed by atoms with E-state index in [1.165, 1.54) is 0 Å². The van der Waals surface area contributed by atoms with Crippen LogP contribution in [0.15, 0.2) is 69.5 Å². The summed E-state index contributed by atoms with van der Waals surface area (Å²) >= 11 is 0. The molecule has 20 heavy (non-hydrogen) atoms. The molecule has 2 N–H and O–H groups in total. The maximum Gasteiger partial charge on any atom is 0.182 e. The summed E-state index contributed by atoms with van der Waals surface area (Å²) in [6.45, 7) is 1.76. The third-order valence-electron chi connectivity index (χ3n) is 2.11. The molecule has 0 saturated heterocycles. The Morgan fingerprint density at radius 3 is 1.75 bits per heavy atom. The van der Waals surface area contributed by atoms with Crippen LogP contribution >= 0.6 is 0 Å². The van der Waals surface area contributed by atoms with Gasteiger partial charge in [-0.1, -0.05) is 22.6 Å². The molecule has 0 bridgehead atoms. The summed E-state index contributed by atoms with van der Waals surface area (Å²) in [4.78, 5) is 8.08. The Balaban J connectivity index is 1.76. The van der Waals surface area contributed by atoms with E-state index in [1.807, 2.05) is 24.3 Å². The molecule has 0 saturated carbocycles. The van der Waals surface area contributed by atoms with Crippen molar-refractivity contribution in [3.8, 4) is 0 Å². The molecule has 0 unspecified atom stereocenters. The second kappa shape index (κ2) is 7.52. The third kappa shape index (κ3) is 4.77. The summed E-state index contributed by atoms with van der Waals surface area (Å²) in [5.74, 6) is 1.24. The zero-order valence-electron chi connectivity index (χ0n) is 10.9. The van der Waals surface area contributed by atoms with Gasteiger partial charge in [-0.3, -0.25) is 0 Å². The minimum atomic E-state index is -0.414. The third-order valence-corrected chi connectivity index (χ3v) is 2.11. The van der Waals surface area contributed by atoms with Crippen molar-refractivity contribution in [1.29, 1.82) is 0 Å². The maximum atomic E-state index is 4.04. The Labute approximate surface area is 116 Å². The molecule has 0 fully saturated rings. The Bertz CT molecular complexity index is 503. The molecule has 0 aliphatic heterocycles. The summed E-state index contributed by atoms with van der Waals surface area (Å²) in [6, 6.07) is 10.9. The average molecular weight is 270 g/mol. The first-order valence-electron chi connectivity index (χ1n) is 5.98. The van der Waals surface area contributed by atoms with Crippen LogP contribution in [-0.2, 0) is 0 Å². The summed E-state index contributed by atoms with van der Waals surface area (Å²) in [5, 5.41) is 15.4. The lowest BCUT2D eigenvalue weighted by Crippen LogP contribution is -1.96. The fraction of sp³-hybridized carbons (Fsp3) is 0.167. The predicted octanol–water partition coefficient (Wildman–Crippen LogP) is 3.08. The van der Waals surface area contributed by atoms with E-state index in [2.05, 4.69) is 41.5 Å². The normalized spacial score (nSPS) is 12.7. The van der Waals surface area contributed by atoms with Crippen LogP contribution in [0.25, 0.3) is 0 Å². The lowest BCUT2D eigenvalue weighted by atomic mass is 10.5.